The fourth-order valence-corrected chi connectivity index (χ4v) is 2.33. The zero-order chi connectivity index (χ0) is 14.9. The standard InChI is InChI=1S/C15H20F2N2O/c1-9(8-11-12(16)4-3-5-13(11)17)19-14(20)15(2,18)10-6-7-10/h3-5,9-10H,6-8,18H2,1-2H3,(H,19,20). The van der Waals surface area contributed by atoms with Crippen molar-refractivity contribution in [2.24, 2.45) is 11.7 Å². The summed E-state index contributed by atoms with van der Waals surface area (Å²) in [4.78, 5) is 12.1. The predicted octanol–water partition coefficient (Wildman–Crippen LogP) is 2.14. The fraction of sp³-hybridized carbons (Fsp3) is 0.533. The molecule has 5 heteroatoms. The summed E-state index contributed by atoms with van der Waals surface area (Å²) in [5.74, 6) is -1.24. The van der Waals surface area contributed by atoms with Gasteiger partial charge in [0.2, 0.25) is 5.91 Å². The SMILES string of the molecule is CC(Cc1c(F)cccc1F)NC(=O)C(C)(N)C1CC1. The van der Waals surface area contributed by atoms with Crippen LogP contribution >= 0.6 is 0 Å². The van der Waals surface area contributed by atoms with Gasteiger partial charge < -0.3 is 11.1 Å². The van der Waals surface area contributed by atoms with E-state index in [0.29, 0.717) is 0 Å². The Kier molecular flexibility index (Phi) is 4.09. The molecule has 1 amide bonds. The Hall–Kier alpha value is -1.49. The minimum absolute atomic E-state index is 0.00885. The summed E-state index contributed by atoms with van der Waals surface area (Å²) < 4.78 is 27.1. The molecular formula is C15H20F2N2O. The van der Waals surface area contributed by atoms with Crippen molar-refractivity contribution in [1.82, 2.24) is 5.32 Å². The molecule has 0 aromatic heterocycles. The van der Waals surface area contributed by atoms with Crippen LogP contribution in [-0.2, 0) is 11.2 Å². The quantitative estimate of drug-likeness (QED) is 0.869. The van der Waals surface area contributed by atoms with E-state index in [9.17, 15) is 13.6 Å². The van der Waals surface area contributed by atoms with E-state index in [4.69, 9.17) is 5.73 Å². The molecule has 1 aliphatic rings. The lowest BCUT2D eigenvalue weighted by Crippen LogP contribution is -2.55. The topological polar surface area (TPSA) is 55.1 Å². The molecule has 0 aliphatic heterocycles. The molecule has 0 radical (unpaired) electrons. The molecule has 1 saturated carbocycles. The number of nitrogens with one attached hydrogen (secondary N) is 1. The highest BCUT2D eigenvalue weighted by Gasteiger charge is 2.44. The summed E-state index contributed by atoms with van der Waals surface area (Å²) in [7, 11) is 0. The predicted molar refractivity (Wildman–Crippen MR) is 73.0 cm³/mol. The Morgan fingerprint density at radius 3 is 2.50 bits per heavy atom. The molecule has 2 rings (SSSR count). The van der Waals surface area contributed by atoms with Crippen LogP contribution < -0.4 is 11.1 Å². The van der Waals surface area contributed by atoms with E-state index in [1.54, 1.807) is 13.8 Å². The van der Waals surface area contributed by atoms with E-state index in [1.807, 2.05) is 0 Å². The third-order valence-electron chi connectivity index (χ3n) is 3.86. The van der Waals surface area contributed by atoms with E-state index in [1.165, 1.54) is 18.2 Å². The second-order valence-electron chi connectivity index (χ2n) is 5.84. The average molecular weight is 282 g/mol. The van der Waals surface area contributed by atoms with Crippen molar-refractivity contribution < 1.29 is 13.6 Å². The maximum absolute atomic E-state index is 13.5. The Labute approximate surface area is 117 Å². The van der Waals surface area contributed by atoms with Gasteiger partial charge in [0, 0.05) is 11.6 Å². The Morgan fingerprint density at radius 1 is 1.45 bits per heavy atom. The van der Waals surface area contributed by atoms with Crippen LogP contribution in [-0.4, -0.2) is 17.5 Å². The fourth-order valence-electron chi connectivity index (χ4n) is 2.33. The molecule has 1 aromatic carbocycles. The molecule has 1 fully saturated rings. The van der Waals surface area contributed by atoms with E-state index in [-0.39, 0.29) is 29.9 Å². The molecule has 0 bridgehead atoms. The third-order valence-corrected chi connectivity index (χ3v) is 3.86. The van der Waals surface area contributed by atoms with Crippen molar-refractivity contribution in [1.29, 1.82) is 0 Å². The Bertz CT molecular complexity index is 492. The van der Waals surface area contributed by atoms with E-state index in [0.717, 1.165) is 12.8 Å². The molecule has 0 spiro atoms. The number of benzene rings is 1. The summed E-state index contributed by atoms with van der Waals surface area (Å²) in [6, 6.07) is 3.37. The van der Waals surface area contributed by atoms with Gasteiger partial charge in [0.15, 0.2) is 0 Å². The number of hydrogen-bond donors (Lipinski definition) is 2. The molecule has 2 atom stereocenters. The van der Waals surface area contributed by atoms with Crippen molar-refractivity contribution in [2.45, 2.75) is 44.7 Å². The summed E-state index contributed by atoms with van der Waals surface area (Å²) in [6.07, 6.45) is 2.01. The summed E-state index contributed by atoms with van der Waals surface area (Å²) >= 11 is 0. The first-order valence-corrected chi connectivity index (χ1v) is 6.85. The number of amides is 1. The van der Waals surface area contributed by atoms with Crippen LogP contribution in [0, 0.1) is 17.6 Å². The highest BCUT2D eigenvalue weighted by atomic mass is 19.1. The monoisotopic (exact) mass is 282 g/mol. The smallest absolute Gasteiger partial charge is 0.240 e. The first-order valence-electron chi connectivity index (χ1n) is 6.85. The number of hydrogen-bond acceptors (Lipinski definition) is 2. The number of halogens is 2. The van der Waals surface area contributed by atoms with Crippen LogP contribution in [0.15, 0.2) is 18.2 Å². The summed E-state index contributed by atoms with van der Waals surface area (Å²) in [6.45, 7) is 3.42. The molecular weight excluding hydrogens is 262 g/mol. The second-order valence-corrected chi connectivity index (χ2v) is 5.84. The average Bonchev–Trinajstić information content (AvgIpc) is 3.18. The van der Waals surface area contributed by atoms with Crippen LogP contribution in [0.3, 0.4) is 0 Å². The Morgan fingerprint density at radius 2 is 2.00 bits per heavy atom. The number of nitrogens with two attached hydrogens (primary N) is 1. The van der Waals surface area contributed by atoms with E-state index in [2.05, 4.69) is 5.32 Å². The molecule has 3 N–H and O–H groups in total. The van der Waals surface area contributed by atoms with Crippen LogP contribution in [0.5, 0.6) is 0 Å². The van der Waals surface area contributed by atoms with Crippen molar-refractivity contribution in [3.05, 3.63) is 35.4 Å². The molecule has 110 valence electrons. The third kappa shape index (κ3) is 3.15. The molecule has 3 nitrogen and oxygen atoms in total. The number of carbonyl (C=O) groups is 1. The first-order chi connectivity index (χ1) is 9.32. The lowest BCUT2D eigenvalue weighted by Gasteiger charge is -2.26. The largest absolute Gasteiger partial charge is 0.352 e. The van der Waals surface area contributed by atoms with Gasteiger partial charge in [-0.2, -0.15) is 0 Å². The molecule has 1 aromatic rings. The minimum atomic E-state index is -0.901. The van der Waals surface area contributed by atoms with Crippen LogP contribution in [0.4, 0.5) is 8.78 Å². The highest BCUT2D eigenvalue weighted by molar-refractivity contribution is 5.86. The van der Waals surface area contributed by atoms with Crippen molar-refractivity contribution >= 4 is 5.91 Å². The van der Waals surface area contributed by atoms with Gasteiger partial charge in [0.05, 0.1) is 5.54 Å². The first kappa shape index (κ1) is 14.9. The number of carbonyl (C=O) groups excluding carboxylic acids is 1. The normalized spacial score (nSPS) is 19.2. The van der Waals surface area contributed by atoms with Gasteiger partial charge in [-0.1, -0.05) is 6.07 Å². The van der Waals surface area contributed by atoms with E-state index < -0.39 is 17.2 Å². The molecule has 1 aliphatic carbocycles. The van der Waals surface area contributed by atoms with Gasteiger partial charge in [-0.15, -0.1) is 0 Å². The summed E-state index contributed by atoms with van der Waals surface area (Å²) in [5.41, 5.74) is 5.10. The lowest BCUT2D eigenvalue weighted by molar-refractivity contribution is -0.127. The van der Waals surface area contributed by atoms with E-state index >= 15 is 0 Å². The summed E-state index contributed by atoms with van der Waals surface area (Å²) in [5, 5.41) is 2.75. The highest BCUT2D eigenvalue weighted by Crippen LogP contribution is 2.38. The van der Waals surface area contributed by atoms with Crippen LogP contribution in [0.25, 0.3) is 0 Å². The van der Waals surface area contributed by atoms with Crippen LogP contribution in [0.1, 0.15) is 32.3 Å². The van der Waals surface area contributed by atoms with Gasteiger partial charge in [-0.3, -0.25) is 4.79 Å². The van der Waals surface area contributed by atoms with Gasteiger partial charge in [0.1, 0.15) is 11.6 Å². The zero-order valence-electron chi connectivity index (χ0n) is 11.7. The van der Waals surface area contributed by atoms with Crippen LogP contribution in [0.2, 0.25) is 0 Å². The van der Waals surface area contributed by atoms with Crippen molar-refractivity contribution in [3.63, 3.8) is 0 Å². The van der Waals surface area contributed by atoms with Gasteiger partial charge in [0.25, 0.3) is 0 Å². The van der Waals surface area contributed by atoms with Crippen molar-refractivity contribution in [2.75, 3.05) is 0 Å². The van der Waals surface area contributed by atoms with Gasteiger partial charge in [-0.25, -0.2) is 8.78 Å². The second kappa shape index (κ2) is 5.48. The molecule has 0 heterocycles. The maximum Gasteiger partial charge on any atom is 0.240 e. The number of rotatable bonds is 5. The molecule has 0 saturated heterocycles. The molecule has 20 heavy (non-hydrogen) atoms. The zero-order valence-corrected chi connectivity index (χ0v) is 11.7. The lowest BCUT2D eigenvalue weighted by atomic mass is 9.95. The van der Waals surface area contributed by atoms with Gasteiger partial charge in [-0.05, 0) is 51.2 Å². The van der Waals surface area contributed by atoms with Gasteiger partial charge >= 0.3 is 0 Å². The minimum Gasteiger partial charge on any atom is -0.352 e. The van der Waals surface area contributed by atoms with Crippen molar-refractivity contribution in [3.8, 4) is 0 Å². The Balaban J connectivity index is 1.99. The maximum atomic E-state index is 13.5. The molecule has 2 unspecified atom stereocenters.